The number of aromatic amines is 1. The number of carbonyl (C=O) groups excluding carboxylic acids is 1. The van der Waals surface area contributed by atoms with E-state index in [1.807, 2.05) is 0 Å². The van der Waals surface area contributed by atoms with Crippen LogP contribution in [0.3, 0.4) is 0 Å². The van der Waals surface area contributed by atoms with E-state index in [4.69, 9.17) is 10.2 Å². The van der Waals surface area contributed by atoms with Gasteiger partial charge in [0.2, 0.25) is 0 Å². The van der Waals surface area contributed by atoms with Gasteiger partial charge in [-0.3, -0.25) is 0 Å². The van der Waals surface area contributed by atoms with Gasteiger partial charge in [0.25, 0.3) is 0 Å². The van der Waals surface area contributed by atoms with Gasteiger partial charge < -0.3 is 25.4 Å². The summed E-state index contributed by atoms with van der Waals surface area (Å²) in [6.45, 7) is -0.0660. The number of carboxylic acid groups (broad SMARTS) is 1. The fourth-order valence-corrected chi connectivity index (χ4v) is 1.33. The lowest BCUT2D eigenvalue weighted by atomic mass is 10.2. The first-order chi connectivity index (χ1) is 8.54. The number of H-pyrrole nitrogens is 1. The molecule has 0 bridgehead atoms. The number of aliphatic hydroxyl groups is 1. The summed E-state index contributed by atoms with van der Waals surface area (Å²) in [5.74, 6) is -0.578. The molecular formula is C10H16N4O4. The number of aliphatic carboxylic acids is 1. The Bertz CT molecular complexity index is 393. The van der Waals surface area contributed by atoms with Crippen LogP contribution in [0.2, 0.25) is 0 Å². The highest BCUT2D eigenvalue weighted by atomic mass is 16.4. The van der Waals surface area contributed by atoms with Gasteiger partial charge in [0.1, 0.15) is 11.9 Å². The van der Waals surface area contributed by atoms with Crippen molar-refractivity contribution in [1.29, 1.82) is 0 Å². The molecule has 4 N–H and O–H groups in total. The number of carboxylic acids is 1. The lowest BCUT2D eigenvalue weighted by molar-refractivity contribution is -0.139. The number of aliphatic hydroxyl groups excluding tert-OH is 1. The minimum Gasteiger partial charge on any atom is -0.480 e. The standard InChI is InChI=1S/C10H16N4O4/c1-14(6-8-11-3-4-12-8)10(18)13-7(2-5-15)9(16)17/h3-4,7,15H,2,5-6H2,1H3,(H,11,12)(H,13,18)(H,16,17). The Morgan fingerprint density at radius 2 is 2.33 bits per heavy atom. The van der Waals surface area contributed by atoms with Crippen molar-refractivity contribution in [3.63, 3.8) is 0 Å². The van der Waals surface area contributed by atoms with Crippen LogP contribution in [-0.4, -0.2) is 56.8 Å². The van der Waals surface area contributed by atoms with Crippen molar-refractivity contribution in [2.75, 3.05) is 13.7 Å². The molecule has 1 atom stereocenters. The highest BCUT2D eigenvalue weighted by molar-refractivity contribution is 5.82. The zero-order chi connectivity index (χ0) is 13.5. The van der Waals surface area contributed by atoms with Crippen LogP contribution in [0.15, 0.2) is 12.4 Å². The molecule has 0 aliphatic carbocycles. The van der Waals surface area contributed by atoms with Crippen molar-refractivity contribution < 1.29 is 19.8 Å². The van der Waals surface area contributed by atoms with E-state index in [-0.39, 0.29) is 19.6 Å². The molecule has 18 heavy (non-hydrogen) atoms. The summed E-state index contributed by atoms with van der Waals surface area (Å²) in [6, 6.07) is -1.63. The van der Waals surface area contributed by atoms with Crippen molar-refractivity contribution in [2.45, 2.75) is 19.0 Å². The van der Waals surface area contributed by atoms with E-state index < -0.39 is 18.0 Å². The van der Waals surface area contributed by atoms with Crippen LogP contribution in [0.25, 0.3) is 0 Å². The third kappa shape index (κ3) is 4.06. The average molecular weight is 256 g/mol. The second-order valence-electron chi connectivity index (χ2n) is 3.74. The maximum Gasteiger partial charge on any atom is 0.326 e. The molecule has 8 nitrogen and oxygen atoms in total. The molecule has 0 saturated heterocycles. The number of carbonyl (C=O) groups is 2. The Morgan fingerprint density at radius 1 is 1.61 bits per heavy atom. The number of hydrogen-bond acceptors (Lipinski definition) is 4. The van der Waals surface area contributed by atoms with Gasteiger partial charge in [0.05, 0.1) is 6.54 Å². The first-order valence-electron chi connectivity index (χ1n) is 5.38. The molecule has 1 rings (SSSR count). The van der Waals surface area contributed by atoms with Crippen molar-refractivity contribution in [3.8, 4) is 0 Å². The first kappa shape index (κ1) is 14.0. The third-order valence-corrected chi connectivity index (χ3v) is 2.30. The number of amides is 2. The predicted molar refractivity (Wildman–Crippen MR) is 61.7 cm³/mol. The van der Waals surface area contributed by atoms with Gasteiger partial charge in [-0.25, -0.2) is 14.6 Å². The molecule has 0 aromatic carbocycles. The van der Waals surface area contributed by atoms with Crippen molar-refractivity contribution in [3.05, 3.63) is 18.2 Å². The zero-order valence-corrected chi connectivity index (χ0v) is 9.96. The number of urea groups is 1. The number of rotatable bonds is 6. The van der Waals surface area contributed by atoms with Gasteiger partial charge in [-0.1, -0.05) is 0 Å². The molecule has 8 heteroatoms. The van der Waals surface area contributed by atoms with Crippen LogP contribution in [0.1, 0.15) is 12.2 Å². The molecule has 0 aliphatic heterocycles. The second-order valence-corrected chi connectivity index (χ2v) is 3.74. The molecule has 0 fully saturated rings. The van der Waals surface area contributed by atoms with Gasteiger partial charge in [-0.05, 0) is 0 Å². The Balaban J connectivity index is 2.50. The Hall–Kier alpha value is -2.09. The molecule has 0 aliphatic rings. The van der Waals surface area contributed by atoms with Crippen molar-refractivity contribution in [1.82, 2.24) is 20.2 Å². The summed E-state index contributed by atoms with van der Waals surface area (Å²) in [5.41, 5.74) is 0. The molecule has 1 aromatic rings. The van der Waals surface area contributed by atoms with E-state index in [9.17, 15) is 9.59 Å². The maximum absolute atomic E-state index is 11.7. The van der Waals surface area contributed by atoms with Crippen molar-refractivity contribution in [2.24, 2.45) is 0 Å². The summed E-state index contributed by atoms with van der Waals surface area (Å²) < 4.78 is 0. The SMILES string of the molecule is CN(Cc1ncc[nH]1)C(=O)NC(CCO)C(=O)O. The summed E-state index contributed by atoms with van der Waals surface area (Å²) in [4.78, 5) is 30.6. The fourth-order valence-electron chi connectivity index (χ4n) is 1.33. The molecule has 1 unspecified atom stereocenters. The second kappa shape index (κ2) is 6.60. The zero-order valence-electron chi connectivity index (χ0n) is 9.96. The average Bonchev–Trinajstić information content (AvgIpc) is 2.80. The topological polar surface area (TPSA) is 119 Å². The molecule has 100 valence electrons. The van der Waals surface area contributed by atoms with Crippen LogP contribution in [0, 0.1) is 0 Å². The van der Waals surface area contributed by atoms with Crippen LogP contribution < -0.4 is 5.32 Å². The number of aromatic nitrogens is 2. The number of hydrogen-bond donors (Lipinski definition) is 4. The molecular weight excluding hydrogens is 240 g/mol. The van der Waals surface area contributed by atoms with Crippen LogP contribution in [0.5, 0.6) is 0 Å². The van der Waals surface area contributed by atoms with E-state index in [0.717, 1.165) is 0 Å². The normalized spacial score (nSPS) is 11.9. The monoisotopic (exact) mass is 256 g/mol. The molecule has 0 saturated carbocycles. The highest BCUT2D eigenvalue weighted by Crippen LogP contribution is 1.98. The Labute approximate surface area is 104 Å². The molecule has 1 heterocycles. The maximum atomic E-state index is 11.7. The quantitative estimate of drug-likeness (QED) is 0.541. The minimum atomic E-state index is -1.18. The van der Waals surface area contributed by atoms with Gasteiger partial charge in [0.15, 0.2) is 0 Å². The summed E-state index contributed by atoms with van der Waals surface area (Å²) in [5, 5.41) is 19.8. The van der Waals surface area contributed by atoms with E-state index in [2.05, 4.69) is 15.3 Å². The Kier molecular flexibility index (Phi) is 5.12. The fraction of sp³-hybridized carbons (Fsp3) is 0.500. The largest absolute Gasteiger partial charge is 0.480 e. The first-order valence-corrected chi connectivity index (χ1v) is 5.38. The smallest absolute Gasteiger partial charge is 0.326 e. The molecule has 2 amide bonds. The lowest BCUT2D eigenvalue weighted by Crippen LogP contribution is -2.46. The minimum absolute atomic E-state index is 0.0321. The highest BCUT2D eigenvalue weighted by Gasteiger charge is 2.21. The number of nitrogens with one attached hydrogen (secondary N) is 2. The van der Waals surface area contributed by atoms with Gasteiger partial charge in [0, 0.05) is 32.5 Å². The van der Waals surface area contributed by atoms with Crippen LogP contribution in [0.4, 0.5) is 4.79 Å². The number of imidazole rings is 1. The van der Waals surface area contributed by atoms with Crippen LogP contribution in [-0.2, 0) is 11.3 Å². The van der Waals surface area contributed by atoms with E-state index in [1.54, 1.807) is 12.4 Å². The van der Waals surface area contributed by atoms with Gasteiger partial charge in [-0.2, -0.15) is 0 Å². The lowest BCUT2D eigenvalue weighted by Gasteiger charge is -2.20. The summed E-state index contributed by atoms with van der Waals surface area (Å²) in [7, 11) is 1.52. The predicted octanol–water partition coefficient (Wildman–Crippen LogP) is -0.613. The molecule has 0 spiro atoms. The summed E-state index contributed by atoms with van der Waals surface area (Å²) >= 11 is 0. The Morgan fingerprint density at radius 3 is 2.83 bits per heavy atom. The molecule has 1 aromatic heterocycles. The van der Waals surface area contributed by atoms with Crippen LogP contribution >= 0.6 is 0 Å². The molecule has 0 radical (unpaired) electrons. The third-order valence-electron chi connectivity index (χ3n) is 2.30. The summed E-state index contributed by atoms with van der Waals surface area (Å²) in [6.07, 6.45) is 3.16. The van der Waals surface area contributed by atoms with E-state index in [0.29, 0.717) is 5.82 Å². The number of nitrogens with zero attached hydrogens (tertiary/aromatic N) is 2. The van der Waals surface area contributed by atoms with Gasteiger partial charge >= 0.3 is 12.0 Å². The van der Waals surface area contributed by atoms with E-state index in [1.165, 1.54) is 11.9 Å². The van der Waals surface area contributed by atoms with E-state index >= 15 is 0 Å². The van der Waals surface area contributed by atoms with Crippen molar-refractivity contribution >= 4 is 12.0 Å². The van der Waals surface area contributed by atoms with Gasteiger partial charge in [-0.15, -0.1) is 0 Å².